The lowest BCUT2D eigenvalue weighted by molar-refractivity contribution is 0.0724. The molecule has 0 fully saturated rings. The summed E-state index contributed by atoms with van der Waals surface area (Å²) in [6, 6.07) is 14.2. The van der Waals surface area contributed by atoms with Crippen molar-refractivity contribution in [3.05, 3.63) is 101 Å². The molecular formula is C21H18F2N2O. The summed E-state index contributed by atoms with van der Waals surface area (Å²) in [6.45, 7) is 2.48. The van der Waals surface area contributed by atoms with Gasteiger partial charge in [0.15, 0.2) is 0 Å². The van der Waals surface area contributed by atoms with Gasteiger partial charge in [-0.25, -0.2) is 8.78 Å². The summed E-state index contributed by atoms with van der Waals surface area (Å²) in [4.78, 5) is 18.5. The smallest absolute Gasteiger partial charge is 0.257 e. The fourth-order valence-corrected chi connectivity index (χ4v) is 2.74. The Balaban J connectivity index is 1.95. The molecule has 1 amide bonds. The number of carbonyl (C=O) groups excluding carboxylic acids is 1. The minimum Gasteiger partial charge on any atom is -0.330 e. The number of nitrogens with zero attached hydrogens (tertiary/aromatic N) is 2. The monoisotopic (exact) mass is 352 g/mol. The third-order valence-corrected chi connectivity index (χ3v) is 4.16. The Morgan fingerprint density at radius 2 is 1.85 bits per heavy atom. The average Bonchev–Trinajstić information content (AvgIpc) is 2.65. The van der Waals surface area contributed by atoms with Gasteiger partial charge in [0.05, 0.1) is 5.56 Å². The van der Waals surface area contributed by atoms with Gasteiger partial charge in [0.2, 0.25) is 0 Å². The highest BCUT2D eigenvalue weighted by molar-refractivity contribution is 5.94. The van der Waals surface area contributed by atoms with E-state index in [2.05, 4.69) is 4.98 Å². The molecule has 3 aromatic rings. The van der Waals surface area contributed by atoms with Crippen LogP contribution in [0.1, 0.15) is 27.0 Å². The van der Waals surface area contributed by atoms with Crippen molar-refractivity contribution in [1.82, 2.24) is 9.88 Å². The van der Waals surface area contributed by atoms with Gasteiger partial charge in [0.1, 0.15) is 11.6 Å². The van der Waals surface area contributed by atoms with Crippen LogP contribution in [0.3, 0.4) is 0 Å². The molecule has 0 bridgehead atoms. The molecule has 1 aromatic heterocycles. The van der Waals surface area contributed by atoms with E-state index in [4.69, 9.17) is 0 Å². The molecule has 0 unspecified atom stereocenters. The van der Waals surface area contributed by atoms with Gasteiger partial charge in [-0.2, -0.15) is 0 Å². The van der Waals surface area contributed by atoms with E-state index >= 15 is 0 Å². The Morgan fingerprint density at radius 1 is 1.04 bits per heavy atom. The zero-order chi connectivity index (χ0) is 18.5. The highest BCUT2D eigenvalue weighted by atomic mass is 19.1. The van der Waals surface area contributed by atoms with E-state index in [1.807, 2.05) is 37.3 Å². The maximum atomic E-state index is 14.1. The van der Waals surface area contributed by atoms with Crippen LogP contribution in [0.4, 0.5) is 8.78 Å². The van der Waals surface area contributed by atoms with Crippen LogP contribution in [0, 0.1) is 18.6 Å². The third kappa shape index (κ3) is 4.11. The predicted octanol–water partition coefficient (Wildman–Crippen LogP) is 4.51. The number of rotatable bonds is 5. The van der Waals surface area contributed by atoms with Gasteiger partial charge in [-0.1, -0.05) is 30.3 Å². The molecule has 0 radical (unpaired) electrons. The number of pyridine rings is 1. The van der Waals surface area contributed by atoms with E-state index in [9.17, 15) is 13.6 Å². The molecule has 132 valence electrons. The Kier molecular flexibility index (Phi) is 5.37. The fourth-order valence-electron chi connectivity index (χ4n) is 2.74. The number of hydrogen-bond acceptors (Lipinski definition) is 2. The maximum absolute atomic E-state index is 14.1. The second-order valence-electron chi connectivity index (χ2n) is 6.07. The number of hydrogen-bond donors (Lipinski definition) is 0. The van der Waals surface area contributed by atoms with Crippen LogP contribution in [0.25, 0.3) is 0 Å². The maximum Gasteiger partial charge on any atom is 0.257 e. The van der Waals surface area contributed by atoms with Crippen molar-refractivity contribution >= 4 is 5.91 Å². The summed E-state index contributed by atoms with van der Waals surface area (Å²) in [5.74, 6) is -1.95. The highest BCUT2D eigenvalue weighted by Crippen LogP contribution is 2.18. The standard InChI is InChI=1S/C21H18F2N2O/c1-15-5-2-3-7-17(15)14-25(13-16-6-4-10-24-12-16)21(26)19-11-18(22)8-9-20(19)23/h2-12H,13-14H2,1H3. The first kappa shape index (κ1) is 17.7. The normalized spacial score (nSPS) is 10.6. The molecule has 5 heteroatoms. The fraction of sp³-hybridized carbons (Fsp3) is 0.143. The van der Waals surface area contributed by atoms with Crippen LogP contribution in [0.15, 0.2) is 67.0 Å². The van der Waals surface area contributed by atoms with Crippen molar-refractivity contribution in [2.45, 2.75) is 20.0 Å². The van der Waals surface area contributed by atoms with Gasteiger partial charge < -0.3 is 4.90 Å². The van der Waals surface area contributed by atoms with Gasteiger partial charge >= 0.3 is 0 Å². The number of amides is 1. The summed E-state index contributed by atoms with van der Waals surface area (Å²) < 4.78 is 27.7. The van der Waals surface area contributed by atoms with Gasteiger partial charge in [0.25, 0.3) is 5.91 Å². The summed E-state index contributed by atoms with van der Waals surface area (Å²) >= 11 is 0. The molecule has 0 aliphatic heterocycles. The minimum absolute atomic E-state index is 0.247. The molecule has 0 aliphatic carbocycles. The highest BCUT2D eigenvalue weighted by Gasteiger charge is 2.21. The van der Waals surface area contributed by atoms with E-state index in [0.717, 1.165) is 34.9 Å². The predicted molar refractivity (Wildman–Crippen MR) is 95.4 cm³/mol. The van der Waals surface area contributed by atoms with Gasteiger partial charge in [0, 0.05) is 25.5 Å². The van der Waals surface area contributed by atoms with Crippen molar-refractivity contribution < 1.29 is 13.6 Å². The summed E-state index contributed by atoms with van der Waals surface area (Å²) in [5, 5.41) is 0. The molecule has 3 rings (SSSR count). The summed E-state index contributed by atoms with van der Waals surface area (Å²) in [5.41, 5.74) is 2.51. The number of benzene rings is 2. The van der Waals surface area contributed by atoms with Crippen LogP contribution in [-0.4, -0.2) is 15.8 Å². The van der Waals surface area contributed by atoms with E-state index in [0.29, 0.717) is 0 Å². The quantitative estimate of drug-likeness (QED) is 0.677. The number of halogens is 2. The lowest BCUT2D eigenvalue weighted by Gasteiger charge is -2.24. The van der Waals surface area contributed by atoms with E-state index in [-0.39, 0.29) is 18.7 Å². The van der Waals surface area contributed by atoms with Crippen molar-refractivity contribution in [3.63, 3.8) is 0 Å². The van der Waals surface area contributed by atoms with Crippen LogP contribution < -0.4 is 0 Å². The molecule has 0 atom stereocenters. The van der Waals surface area contributed by atoms with E-state index in [1.165, 1.54) is 4.90 Å². The number of carbonyl (C=O) groups is 1. The van der Waals surface area contributed by atoms with Gasteiger partial charge in [-0.3, -0.25) is 9.78 Å². The largest absolute Gasteiger partial charge is 0.330 e. The first-order valence-electron chi connectivity index (χ1n) is 8.22. The zero-order valence-electron chi connectivity index (χ0n) is 14.3. The topological polar surface area (TPSA) is 33.2 Å². The molecule has 0 N–H and O–H groups in total. The Labute approximate surface area is 150 Å². The van der Waals surface area contributed by atoms with Crippen molar-refractivity contribution in [3.8, 4) is 0 Å². The van der Waals surface area contributed by atoms with Crippen molar-refractivity contribution in [2.24, 2.45) is 0 Å². The molecule has 0 saturated heterocycles. The molecule has 0 saturated carbocycles. The van der Waals surface area contributed by atoms with E-state index in [1.54, 1.807) is 18.5 Å². The Bertz CT molecular complexity index is 913. The summed E-state index contributed by atoms with van der Waals surface area (Å²) in [6.07, 6.45) is 3.29. The second kappa shape index (κ2) is 7.87. The van der Waals surface area contributed by atoms with Crippen molar-refractivity contribution in [2.75, 3.05) is 0 Å². The molecule has 3 nitrogen and oxygen atoms in total. The molecular weight excluding hydrogens is 334 g/mol. The van der Waals surface area contributed by atoms with Crippen LogP contribution >= 0.6 is 0 Å². The first-order chi connectivity index (χ1) is 12.5. The van der Waals surface area contributed by atoms with Crippen LogP contribution in [-0.2, 0) is 13.1 Å². The molecule has 0 spiro atoms. The van der Waals surface area contributed by atoms with Crippen LogP contribution in [0.5, 0.6) is 0 Å². The van der Waals surface area contributed by atoms with Crippen LogP contribution in [0.2, 0.25) is 0 Å². The van der Waals surface area contributed by atoms with Gasteiger partial charge in [-0.15, -0.1) is 0 Å². The molecule has 2 aromatic carbocycles. The molecule has 1 heterocycles. The molecule has 0 aliphatic rings. The lowest BCUT2D eigenvalue weighted by Crippen LogP contribution is -2.31. The SMILES string of the molecule is Cc1ccccc1CN(Cc1cccnc1)C(=O)c1cc(F)ccc1F. The first-order valence-corrected chi connectivity index (χ1v) is 8.22. The number of aromatic nitrogens is 1. The Hall–Kier alpha value is -3.08. The Morgan fingerprint density at radius 3 is 2.58 bits per heavy atom. The number of aryl methyl sites for hydroxylation is 1. The van der Waals surface area contributed by atoms with Gasteiger partial charge in [-0.05, 0) is 47.9 Å². The average molecular weight is 352 g/mol. The van der Waals surface area contributed by atoms with Crippen molar-refractivity contribution in [1.29, 1.82) is 0 Å². The second-order valence-corrected chi connectivity index (χ2v) is 6.07. The third-order valence-electron chi connectivity index (χ3n) is 4.16. The van der Waals surface area contributed by atoms with E-state index < -0.39 is 17.5 Å². The molecule has 26 heavy (non-hydrogen) atoms. The zero-order valence-corrected chi connectivity index (χ0v) is 14.3. The minimum atomic E-state index is -0.739. The summed E-state index contributed by atoms with van der Waals surface area (Å²) in [7, 11) is 0. The lowest BCUT2D eigenvalue weighted by atomic mass is 10.1.